The van der Waals surface area contributed by atoms with E-state index in [0.29, 0.717) is 6.04 Å². The number of likely N-dealkylation sites (N-methyl/N-ethyl adjacent to an activating group) is 1. The van der Waals surface area contributed by atoms with Gasteiger partial charge in [-0.3, -0.25) is 9.88 Å². The van der Waals surface area contributed by atoms with Crippen molar-refractivity contribution in [3.63, 3.8) is 0 Å². The molecule has 0 saturated heterocycles. The summed E-state index contributed by atoms with van der Waals surface area (Å²) in [4.78, 5) is 6.63. The summed E-state index contributed by atoms with van der Waals surface area (Å²) >= 11 is 0. The lowest BCUT2D eigenvalue weighted by molar-refractivity contribution is 0.228. The largest absolute Gasteiger partial charge is 0.383 e. The van der Waals surface area contributed by atoms with Crippen LogP contribution in [-0.4, -0.2) is 29.5 Å². The summed E-state index contributed by atoms with van der Waals surface area (Å²) in [6, 6.07) is 13.2. The molecule has 0 aliphatic rings. The van der Waals surface area contributed by atoms with Gasteiger partial charge < -0.3 is 5.32 Å². The molecule has 1 heterocycles. The third-order valence-electron chi connectivity index (χ3n) is 3.94. The Hall–Kier alpha value is -1.87. The molecule has 1 N–H and O–H groups in total. The lowest BCUT2D eigenvalue weighted by Gasteiger charge is -2.30. The maximum atomic E-state index is 4.15. The fourth-order valence-corrected chi connectivity index (χ4v) is 2.68. The van der Waals surface area contributed by atoms with Gasteiger partial charge in [-0.15, -0.1) is 0 Å². The summed E-state index contributed by atoms with van der Waals surface area (Å²) in [7, 11) is 0. The number of aromatic nitrogens is 1. The van der Waals surface area contributed by atoms with E-state index in [1.165, 1.54) is 11.1 Å². The van der Waals surface area contributed by atoms with Gasteiger partial charge in [0, 0.05) is 24.6 Å². The normalized spacial score (nSPS) is 12.4. The zero-order chi connectivity index (χ0) is 15.1. The van der Waals surface area contributed by atoms with Crippen molar-refractivity contribution in [3.05, 3.63) is 59.9 Å². The fraction of sp³-hybridized carbons (Fsp3) is 0.389. The molecule has 0 aliphatic heterocycles. The van der Waals surface area contributed by atoms with Crippen LogP contribution in [0, 0.1) is 6.92 Å². The fourth-order valence-electron chi connectivity index (χ4n) is 2.68. The van der Waals surface area contributed by atoms with Crippen molar-refractivity contribution in [3.8, 4) is 0 Å². The number of pyridine rings is 1. The van der Waals surface area contributed by atoms with Gasteiger partial charge in [0.2, 0.25) is 0 Å². The predicted octanol–water partition coefficient (Wildman–Crippen LogP) is 3.89. The van der Waals surface area contributed by atoms with Gasteiger partial charge in [-0.25, -0.2) is 0 Å². The van der Waals surface area contributed by atoms with Gasteiger partial charge in [-0.2, -0.15) is 0 Å². The summed E-state index contributed by atoms with van der Waals surface area (Å²) in [6.07, 6.45) is 3.74. The van der Waals surface area contributed by atoms with Crippen LogP contribution < -0.4 is 5.32 Å². The number of rotatable bonds is 7. The van der Waals surface area contributed by atoms with E-state index < -0.39 is 0 Å². The zero-order valence-corrected chi connectivity index (χ0v) is 13.2. The van der Waals surface area contributed by atoms with Crippen LogP contribution in [0.3, 0.4) is 0 Å². The Morgan fingerprint density at radius 2 is 1.81 bits per heavy atom. The first-order valence-electron chi connectivity index (χ1n) is 7.69. The van der Waals surface area contributed by atoms with E-state index in [1.54, 1.807) is 0 Å². The van der Waals surface area contributed by atoms with Crippen LogP contribution in [-0.2, 0) is 0 Å². The number of benzene rings is 1. The van der Waals surface area contributed by atoms with Crippen molar-refractivity contribution in [1.29, 1.82) is 0 Å². The molecule has 1 aromatic carbocycles. The monoisotopic (exact) mass is 283 g/mol. The second kappa shape index (κ2) is 7.79. The van der Waals surface area contributed by atoms with Crippen molar-refractivity contribution in [2.45, 2.75) is 26.8 Å². The minimum absolute atomic E-state index is 0.383. The van der Waals surface area contributed by atoms with E-state index in [2.05, 4.69) is 66.3 Å². The molecule has 21 heavy (non-hydrogen) atoms. The summed E-state index contributed by atoms with van der Waals surface area (Å²) in [6.45, 7) is 9.52. The van der Waals surface area contributed by atoms with E-state index in [0.717, 1.165) is 25.3 Å². The van der Waals surface area contributed by atoms with Crippen LogP contribution in [0.25, 0.3) is 0 Å². The van der Waals surface area contributed by atoms with Gasteiger partial charge in [0.05, 0.1) is 6.04 Å². The Morgan fingerprint density at radius 1 is 1.10 bits per heavy atom. The van der Waals surface area contributed by atoms with Crippen molar-refractivity contribution in [1.82, 2.24) is 9.88 Å². The molecule has 0 spiro atoms. The van der Waals surface area contributed by atoms with Gasteiger partial charge >= 0.3 is 0 Å². The molecule has 3 heteroatoms. The molecule has 0 fully saturated rings. The molecule has 2 rings (SSSR count). The van der Waals surface area contributed by atoms with E-state index >= 15 is 0 Å². The average molecular weight is 283 g/mol. The molecule has 0 radical (unpaired) electrons. The molecule has 1 aromatic heterocycles. The van der Waals surface area contributed by atoms with Crippen LogP contribution in [0.4, 0.5) is 5.69 Å². The van der Waals surface area contributed by atoms with E-state index in [4.69, 9.17) is 0 Å². The third-order valence-corrected chi connectivity index (χ3v) is 3.94. The van der Waals surface area contributed by atoms with Crippen LogP contribution in [0.15, 0.2) is 48.8 Å². The van der Waals surface area contributed by atoms with Gasteiger partial charge in [0.25, 0.3) is 0 Å². The first kappa shape index (κ1) is 15.5. The minimum atomic E-state index is 0.383. The van der Waals surface area contributed by atoms with Crippen molar-refractivity contribution in [2.24, 2.45) is 0 Å². The van der Waals surface area contributed by atoms with E-state index in [-0.39, 0.29) is 0 Å². The molecule has 1 atom stereocenters. The maximum Gasteiger partial charge on any atom is 0.0520 e. The van der Waals surface area contributed by atoms with Crippen molar-refractivity contribution >= 4 is 5.69 Å². The second-order valence-corrected chi connectivity index (χ2v) is 5.22. The highest BCUT2D eigenvalue weighted by Crippen LogP contribution is 2.22. The lowest BCUT2D eigenvalue weighted by Crippen LogP contribution is -2.33. The number of nitrogens with one attached hydrogen (secondary N) is 1. The quantitative estimate of drug-likeness (QED) is 0.835. The Balaban J connectivity index is 2.15. The molecule has 2 aromatic rings. The highest BCUT2D eigenvalue weighted by molar-refractivity contribution is 5.48. The molecule has 0 amide bonds. The molecule has 1 unspecified atom stereocenters. The van der Waals surface area contributed by atoms with E-state index in [9.17, 15) is 0 Å². The minimum Gasteiger partial charge on any atom is -0.383 e. The number of hydrogen-bond donors (Lipinski definition) is 1. The van der Waals surface area contributed by atoms with Crippen molar-refractivity contribution < 1.29 is 0 Å². The van der Waals surface area contributed by atoms with Crippen LogP contribution in [0.1, 0.15) is 31.0 Å². The highest BCUT2D eigenvalue weighted by Gasteiger charge is 2.17. The summed E-state index contributed by atoms with van der Waals surface area (Å²) < 4.78 is 0. The molecule has 0 bridgehead atoms. The van der Waals surface area contributed by atoms with Crippen molar-refractivity contribution in [2.75, 3.05) is 25.0 Å². The SMILES string of the molecule is CCN(CC)C(CNc1ccncc1C)c1ccccc1. The van der Waals surface area contributed by atoms with Crippen LogP contribution in [0.2, 0.25) is 0 Å². The second-order valence-electron chi connectivity index (χ2n) is 5.22. The molecule has 0 aliphatic carbocycles. The lowest BCUT2D eigenvalue weighted by atomic mass is 10.0. The highest BCUT2D eigenvalue weighted by atomic mass is 15.2. The predicted molar refractivity (Wildman–Crippen MR) is 89.6 cm³/mol. The number of nitrogens with zero attached hydrogens (tertiary/aromatic N) is 2. The summed E-state index contributed by atoms with van der Waals surface area (Å²) in [5, 5.41) is 3.58. The maximum absolute atomic E-state index is 4.15. The Labute approximate surface area is 128 Å². The van der Waals surface area contributed by atoms with E-state index in [1.807, 2.05) is 18.5 Å². The number of aryl methyl sites for hydroxylation is 1. The first-order valence-corrected chi connectivity index (χ1v) is 7.69. The average Bonchev–Trinajstić information content (AvgIpc) is 2.54. The zero-order valence-electron chi connectivity index (χ0n) is 13.2. The molecule has 3 nitrogen and oxygen atoms in total. The molecule has 0 saturated carbocycles. The van der Waals surface area contributed by atoms with Crippen LogP contribution >= 0.6 is 0 Å². The molecular formula is C18H25N3. The van der Waals surface area contributed by atoms with Gasteiger partial charge in [-0.1, -0.05) is 44.2 Å². The number of anilines is 1. The number of hydrogen-bond acceptors (Lipinski definition) is 3. The Bertz CT molecular complexity index is 535. The molecule has 112 valence electrons. The standard InChI is InChI=1S/C18H25N3/c1-4-21(5-2)18(16-9-7-6-8-10-16)14-20-17-11-12-19-13-15(17)3/h6-13,18H,4-5,14H2,1-3H3,(H,19,20). The van der Waals surface area contributed by atoms with Gasteiger partial charge in [-0.05, 0) is 37.2 Å². The first-order chi connectivity index (χ1) is 10.3. The Morgan fingerprint density at radius 3 is 2.43 bits per heavy atom. The van der Waals surface area contributed by atoms with Gasteiger partial charge in [0.15, 0.2) is 0 Å². The molecular weight excluding hydrogens is 258 g/mol. The summed E-state index contributed by atoms with van der Waals surface area (Å²) in [5.74, 6) is 0. The Kier molecular flexibility index (Phi) is 5.76. The topological polar surface area (TPSA) is 28.2 Å². The van der Waals surface area contributed by atoms with Gasteiger partial charge in [0.1, 0.15) is 0 Å². The summed E-state index contributed by atoms with van der Waals surface area (Å²) in [5.41, 5.74) is 3.71. The van der Waals surface area contributed by atoms with Crippen LogP contribution in [0.5, 0.6) is 0 Å². The smallest absolute Gasteiger partial charge is 0.0520 e. The third kappa shape index (κ3) is 4.05.